The summed E-state index contributed by atoms with van der Waals surface area (Å²) in [5.74, 6) is 1.42. The predicted octanol–water partition coefficient (Wildman–Crippen LogP) is 4.44. The summed E-state index contributed by atoms with van der Waals surface area (Å²) in [6.45, 7) is 7.66. The van der Waals surface area contributed by atoms with Gasteiger partial charge in [0.15, 0.2) is 11.5 Å². The van der Waals surface area contributed by atoms with Gasteiger partial charge in [-0.05, 0) is 52.0 Å². The summed E-state index contributed by atoms with van der Waals surface area (Å²) in [7, 11) is 3.28. The van der Waals surface area contributed by atoms with Crippen molar-refractivity contribution >= 4 is 17.6 Å². The van der Waals surface area contributed by atoms with Gasteiger partial charge >= 0.3 is 0 Å². The number of amides is 2. The minimum absolute atomic E-state index is 0.140. The van der Waals surface area contributed by atoms with Crippen molar-refractivity contribution in [2.75, 3.05) is 26.1 Å². The lowest BCUT2D eigenvalue weighted by Crippen LogP contribution is -2.52. The van der Waals surface area contributed by atoms with Crippen LogP contribution in [-0.4, -0.2) is 59.3 Å². The summed E-state index contributed by atoms with van der Waals surface area (Å²) in [5.41, 5.74) is 0.672. The third-order valence-corrected chi connectivity index (χ3v) is 5.79. The van der Waals surface area contributed by atoms with Gasteiger partial charge in [0.1, 0.15) is 29.1 Å². The van der Waals surface area contributed by atoms with Gasteiger partial charge in [-0.3, -0.25) is 14.6 Å². The van der Waals surface area contributed by atoms with Crippen LogP contribution in [0.5, 0.6) is 23.0 Å². The van der Waals surface area contributed by atoms with Gasteiger partial charge < -0.3 is 29.2 Å². The van der Waals surface area contributed by atoms with E-state index in [1.807, 2.05) is 27.7 Å². The van der Waals surface area contributed by atoms with E-state index in [4.69, 9.17) is 18.9 Å². The molecule has 2 aromatic carbocycles. The van der Waals surface area contributed by atoms with E-state index in [0.717, 1.165) is 5.69 Å². The molecule has 1 atom stereocenters. The van der Waals surface area contributed by atoms with Gasteiger partial charge in [0.2, 0.25) is 0 Å². The van der Waals surface area contributed by atoms with Crippen molar-refractivity contribution < 1.29 is 28.5 Å². The van der Waals surface area contributed by atoms with Gasteiger partial charge in [-0.25, -0.2) is 4.98 Å². The van der Waals surface area contributed by atoms with Crippen molar-refractivity contribution in [1.29, 1.82) is 0 Å². The van der Waals surface area contributed by atoms with Gasteiger partial charge in [0.25, 0.3) is 11.8 Å². The maximum absolute atomic E-state index is 13.0. The molecule has 1 N–H and O–H groups in total. The van der Waals surface area contributed by atoms with E-state index in [1.54, 1.807) is 61.7 Å². The fraction of sp³-hybridized carbons (Fsp3) is 0.333. The molecule has 10 nitrogen and oxygen atoms in total. The molecule has 4 rings (SSSR count). The fourth-order valence-electron chi connectivity index (χ4n) is 3.70. The summed E-state index contributed by atoms with van der Waals surface area (Å²) < 4.78 is 23.2. The van der Waals surface area contributed by atoms with Crippen LogP contribution in [0.15, 0.2) is 48.8 Å². The zero-order valence-corrected chi connectivity index (χ0v) is 21.7. The SMILES string of the molecule is COC[C@H](C)Oc1cc(Oc2ccc3c(c2)OC(C)(C)N(C)C3=O)cc(C(=O)Nc2cnc(C)cn2)c1. The van der Waals surface area contributed by atoms with Crippen LogP contribution in [0.2, 0.25) is 0 Å². The van der Waals surface area contributed by atoms with Crippen LogP contribution in [0.25, 0.3) is 0 Å². The van der Waals surface area contributed by atoms with Crippen LogP contribution >= 0.6 is 0 Å². The van der Waals surface area contributed by atoms with Crippen LogP contribution in [0.3, 0.4) is 0 Å². The Labute approximate surface area is 215 Å². The highest BCUT2D eigenvalue weighted by Gasteiger charge is 2.37. The van der Waals surface area contributed by atoms with E-state index < -0.39 is 11.6 Å². The fourth-order valence-corrected chi connectivity index (χ4v) is 3.70. The Morgan fingerprint density at radius 3 is 2.57 bits per heavy atom. The molecular formula is C27H30N4O6. The Bertz CT molecular complexity index is 1310. The number of nitrogens with zero attached hydrogens (tertiary/aromatic N) is 3. The molecule has 2 heterocycles. The third-order valence-electron chi connectivity index (χ3n) is 5.79. The molecule has 0 aliphatic carbocycles. The van der Waals surface area contributed by atoms with Crippen molar-refractivity contribution in [3.63, 3.8) is 0 Å². The number of carbonyl (C=O) groups excluding carboxylic acids is 2. The molecule has 1 aromatic heterocycles. The first-order valence-corrected chi connectivity index (χ1v) is 11.8. The molecule has 0 fully saturated rings. The Morgan fingerprint density at radius 1 is 1.11 bits per heavy atom. The molecule has 0 unspecified atom stereocenters. The van der Waals surface area contributed by atoms with Crippen molar-refractivity contribution in [2.24, 2.45) is 0 Å². The Morgan fingerprint density at radius 2 is 1.86 bits per heavy atom. The summed E-state index contributed by atoms with van der Waals surface area (Å²) in [5, 5.41) is 2.73. The van der Waals surface area contributed by atoms with Crippen molar-refractivity contribution in [1.82, 2.24) is 14.9 Å². The molecule has 0 radical (unpaired) electrons. The van der Waals surface area contributed by atoms with Crippen molar-refractivity contribution in [3.8, 4) is 23.0 Å². The van der Waals surface area contributed by atoms with Crippen LogP contribution < -0.4 is 19.5 Å². The molecule has 1 aliphatic heterocycles. The second-order valence-electron chi connectivity index (χ2n) is 9.25. The molecule has 2 amide bonds. The Kier molecular flexibility index (Phi) is 7.30. The number of ether oxygens (including phenoxy) is 4. The number of aryl methyl sites for hydroxylation is 1. The largest absolute Gasteiger partial charge is 0.488 e. The number of anilines is 1. The van der Waals surface area contributed by atoms with Gasteiger partial charge in [0, 0.05) is 31.9 Å². The lowest BCUT2D eigenvalue weighted by atomic mass is 10.1. The maximum atomic E-state index is 13.0. The molecule has 0 spiro atoms. The lowest BCUT2D eigenvalue weighted by Gasteiger charge is -2.40. The first-order chi connectivity index (χ1) is 17.6. The quantitative estimate of drug-likeness (QED) is 0.477. The van der Waals surface area contributed by atoms with Crippen LogP contribution in [-0.2, 0) is 4.74 Å². The zero-order chi connectivity index (χ0) is 26.7. The number of rotatable bonds is 8. The highest BCUT2D eigenvalue weighted by Crippen LogP contribution is 2.37. The van der Waals surface area contributed by atoms with Gasteiger partial charge in [-0.2, -0.15) is 0 Å². The molecule has 0 bridgehead atoms. The summed E-state index contributed by atoms with van der Waals surface area (Å²) in [6, 6.07) is 9.87. The molecule has 10 heteroatoms. The van der Waals surface area contributed by atoms with Crippen LogP contribution in [0.1, 0.15) is 47.2 Å². The number of carbonyl (C=O) groups is 2. The van der Waals surface area contributed by atoms with Crippen LogP contribution in [0.4, 0.5) is 5.82 Å². The molecule has 0 saturated heterocycles. The zero-order valence-electron chi connectivity index (χ0n) is 21.7. The number of nitrogens with one attached hydrogen (secondary N) is 1. The average molecular weight is 507 g/mol. The number of fused-ring (bicyclic) bond motifs is 1. The van der Waals surface area contributed by atoms with E-state index in [1.165, 1.54) is 6.20 Å². The number of hydrogen-bond acceptors (Lipinski definition) is 8. The molecule has 0 saturated carbocycles. The van der Waals surface area contributed by atoms with E-state index in [9.17, 15) is 9.59 Å². The topological polar surface area (TPSA) is 112 Å². The highest BCUT2D eigenvalue weighted by molar-refractivity contribution is 6.04. The van der Waals surface area contributed by atoms with Gasteiger partial charge in [0.05, 0.1) is 30.3 Å². The maximum Gasteiger partial charge on any atom is 0.260 e. The first-order valence-electron chi connectivity index (χ1n) is 11.8. The monoisotopic (exact) mass is 506 g/mol. The number of hydrogen-bond donors (Lipinski definition) is 1. The van der Waals surface area contributed by atoms with Gasteiger partial charge in [-0.1, -0.05) is 0 Å². The van der Waals surface area contributed by atoms with E-state index in [0.29, 0.717) is 46.5 Å². The van der Waals surface area contributed by atoms with Gasteiger partial charge in [-0.15, -0.1) is 0 Å². The predicted molar refractivity (Wildman–Crippen MR) is 136 cm³/mol. The first kappa shape index (κ1) is 25.9. The lowest BCUT2D eigenvalue weighted by molar-refractivity contribution is -0.0366. The second kappa shape index (κ2) is 10.4. The third kappa shape index (κ3) is 5.97. The molecule has 37 heavy (non-hydrogen) atoms. The molecule has 194 valence electrons. The normalized spacial score (nSPS) is 14.9. The molecule has 1 aliphatic rings. The minimum Gasteiger partial charge on any atom is -0.488 e. The standard InChI is InChI=1S/C27H30N4O6/c1-16-13-29-24(14-28-16)30-25(32)18-9-20(35-17(2)15-34-6)11-21(10-18)36-19-7-8-22-23(12-19)37-27(3,4)31(5)26(22)33/h7-14,17H,15H2,1-6H3,(H,29,30,32)/t17-/m0/s1. The molecular weight excluding hydrogens is 476 g/mol. The van der Waals surface area contributed by atoms with Crippen LogP contribution in [0, 0.1) is 6.92 Å². The number of methoxy groups -OCH3 is 1. The smallest absolute Gasteiger partial charge is 0.260 e. The summed E-state index contributed by atoms with van der Waals surface area (Å²) in [6.07, 6.45) is 2.79. The Balaban J connectivity index is 1.63. The molecule has 3 aromatic rings. The minimum atomic E-state index is -0.807. The average Bonchev–Trinajstić information content (AvgIpc) is 2.83. The number of aromatic nitrogens is 2. The highest BCUT2D eigenvalue weighted by atomic mass is 16.5. The van der Waals surface area contributed by atoms with E-state index in [2.05, 4.69) is 15.3 Å². The Hall–Kier alpha value is -4.18. The van der Waals surface area contributed by atoms with Crippen molar-refractivity contribution in [3.05, 3.63) is 65.6 Å². The second-order valence-corrected chi connectivity index (χ2v) is 9.25. The van der Waals surface area contributed by atoms with E-state index >= 15 is 0 Å². The summed E-state index contributed by atoms with van der Waals surface area (Å²) >= 11 is 0. The number of benzene rings is 2. The van der Waals surface area contributed by atoms with Crippen molar-refractivity contribution in [2.45, 2.75) is 39.5 Å². The van der Waals surface area contributed by atoms with E-state index in [-0.39, 0.29) is 12.0 Å². The summed E-state index contributed by atoms with van der Waals surface area (Å²) in [4.78, 5) is 35.6.